The smallest absolute Gasteiger partial charge is 0.231 e. The van der Waals surface area contributed by atoms with Crippen LogP contribution in [0.3, 0.4) is 0 Å². The van der Waals surface area contributed by atoms with Crippen LogP contribution in [0.2, 0.25) is 0 Å². The van der Waals surface area contributed by atoms with E-state index in [1.165, 1.54) is 0 Å². The summed E-state index contributed by atoms with van der Waals surface area (Å²) in [5, 5.41) is 8.73. The lowest BCUT2D eigenvalue weighted by Crippen LogP contribution is -2.22. The summed E-state index contributed by atoms with van der Waals surface area (Å²) in [5.74, 6) is 1.58. The number of carbonyl (C=O) groups excluding carboxylic acids is 1. The Hall–Kier alpha value is -3.20. The number of Topliss-reactive ketones (excluding diaryl/α,β-unsaturated/α-hetero) is 1. The first-order chi connectivity index (χ1) is 17.9. The van der Waals surface area contributed by atoms with Gasteiger partial charge in [0.05, 0.1) is 29.3 Å². The Balaban J connectivity index is 1.25. The summed E-state index contributed by atoms with van der Waals surface area (Å²) >= 11 is 0. The number of hydrogen-bond donors (Lipinski definition) is 1. The zero-order chi connectivity index (χ0) is 25.9. The number of ether oxygens (including phenoxy) is 3. The predicted molar refractivity (Wildman–Crippen MR) is 139 cm³/mol. The highest BCUT2D eigenvalue weighted by Gasteiger charge is 2.50. The van der Waals surface area contributed by atoms with Crippen LogP contribution in [-0.2, 0) is 31.2 Å². The first-order valence-corrected chi connectivity index (χ1v) is 14.1. The average molecular weight is 523 g/mol. The van der Waals surface area contributed by atoms with Crippen molar-refractivity contribution in [3.8, 4) is 22.6 Å². The second-order valence-corrected chi connectivity index (χ2v) is 11.6. The molecule has 0 radical (unpaired) electrons. The molecule has 37 heavy (non-hydrogen) atoms. The van der Waals surface area contributed by atoms with Gasteiger partial charge in [-0.3, -0.25) is 4.79 Å². The Labute approximate surface area is 216 Å². The maximum Gasteiger partial charge on any atom is 0.231 e. The predicted octanol–water partition coefficient (Wildman–Crippen LogP) is 4.10. The summed E-state index contributed by atoms with van der Waals surface area (Å²) in [5.41, 5.74) is 3.26. The Morgan fingerprint density at radius 3 is 2.46 bits per heavy atom. The Morgan fingerprint density at radius 2 is 1.70 bits per heavy atom. The van der Waals surface area contributed by atoms with Gasteiger partial charge >= 0.3 is 0 Å². The van der Waals surface area contributed by atoms with Crippen LogP contribution in [0.1, 0.15) is 30.4 Å². The van der Waals surface area contributed by atoms with Gasteiger partial charge in [0.1, 0.15) is 5.78 Å². The fraction of sp³-hybridized carbons (Fsp3) is 0.345. The van der Waals surface area contributed by atoms with Gasteiger partial charge in [-0.05, 0) is 65.8 Å². The quantitative estimate of drug-likeness (QED) is 0.358. The molecule has 194 valence electrons. The normalized spacial score (nSPS) is 15.5. The van der Waals surface area contributed by atoms with Crippen molar-refractivity contribution in [2.45, 2.75) is 36.0 Å². The minimum atomic E-state index is -3.41. The van der Waals surface area contributed by atoms with Crippen LogP contribution in [0, 0.1) is 0 Å². The molecule has 0 bridgehead atoms. The van der Waals surface area contributed by atoms with Gasteiger partial charge in [0.2, 0.25) is 6.79 Å². The number of fused-ring (bicyclic) bond motifs is 1. The molecular formula is C29H30O7S. The molecule has 0 saturated heterocycles. The van der Waals surface area contributed by atoms with Gasteiger partial charge < -0.3 is 19.3 Å². The molecule has 2 aliphatic rings. The maximum atomic E-state index is 13.4. The molecule has 1 saturated carbocycles. The van der Waals surface area contributed by atoms with Crippen LogP contribution in [0.15, 0.2) is 71.6 Å². The SMILES string of the molecule is O=C(Cc1cccc(-c2ccc(S(=O)(=O)CCCOCCO)cc2)c1)C1(c2ccc3c(c2)OCO3)CC1. The molecule has 0 unspecified atom stereocenters. The number of rotatable bonds is 12. The lowest BCUT2D eigenvalue weighted by molar-refractivity contribution is -0.120. The highest BCUT2D eigenvalue weighted by atomic mass is 32.2. The van der Waals surface area contributed by atoms with Crippen molar-refractivity contribution in [1.29, 1.82) is 0 Å². The second kappa shape index (κ2) is 10.7. The standard InChI is InChI=1S/C29H30O7S/c30-13-15-34-14-2-16-37(32,33)25-8-5-22(6-9-25)23-4-1-3-21(17-23)18-28(31)29(11-12-29)24-7-10-26-27(19-24)36-20-35-26/h1,3-10,17,19,30H,2,11-16,18,20H2. The topological polar surface area (TPSA) is 99.1 Å². The zero-order valence-electron chi connectivity index (χ0n) is 20.5. The largest absolute Gasteiger partial charge is 0.454 e. The van der Waals surface area contributed by atoms with Crippen LogP contribution in [0.4, 0.5) is 0 Å². The third-order valence-corrected chi connectivity index (χ3v) is 8.80. The first kappa shape index (κ1) is 25.4. The number of hydrogen-bond acceptors (Lipinski definition) is 7. The maximum absolute atomic E-state index is 13.4. The number of ketones is 1. The Kier molecular flexibility index (Phi) is 7.33. The van der Waals surface area contributed by atoms with Gasteiger partial charge in [0.25, 0.3) is 0 Å². The first-order valence-electron chi connectivity index (χ1n) is 12.5. The average Bonchev–Trinajstić information content (AvgIpc) is 3.59. The third-order valence-electron chi connectivity index (χ3n) is 6.98. The lowest BCUT2D eigenvalue weighted by atomic mass is 9.87. The number of benzene rings is 3. The molecule has 3 aromatic rings. The van der Waals surface area contributed by atoms with Crippen LogP contribution in [0.25, 0.3) is 11.1 Å². The van der Waals surface area contributed by atoms with E-state index < -0.39 is 15.3 Å². The molecule has 0 amide bonds. The van der Waals surface area contributed by atoms with E-state index in [0.717, 1.165) is 35.1 Å². The summed E-state index contributed by atoms with van der Waals surface area (Å²) in [7, 11) is -3.41. The third kappa shape index (κ3) is 5.56. The fourth-order valence-corrected chi connectivity index (χ4v) is 6.04. The van der Waals surface area contributed by atoms with Gasteiger partial charge in [-0.15, -0.1) is 0 Å². The summed E-state index contributed by atoms with van der Waals surface area (Å²) < 4.78 is 41.3. The van der Waals surface area contributed by atoms with Crippen molar-refractivity contribution < 1.29 is 32.5 Å². The van der Waals surface area contributed by atoms with Crippen molar-refractivity contribution in [2.75, 3.05) is 32.4 Å². The monoisotopic (exact) mass is 522 g/mol. The van der Waals surface area contributed by atoms with Gasteiger partial charge in [0, 0.05) is 13.0 Å². The minimum Gasteiger partial charge on any atom is -0.454 e. The highest BCUT2D eigenvalue weighted by Crippen LogP contribution is 2.51. The second-order valence-electron chi connectivity index (χ2n) is 9.48. The van der Waals surface area contributed by atoms with Crippen molar-refractivity contribution in [1.82, 2.24) is 0 Å². The molecule has 1 fully saturated rings. The molecule has 7 nitrogen and oxygen atoms in total. The van der Waals surface area contributed by atoms with E-state index in [-0.39, 0.29) is 36.4 Å². The van der Waals surface area contributed by atoms with E-state index >= 15 is 0 Å². The number of aliphatic hydroxyl groups excluding tert-OH is 1. The molecule has 3 aromatic carbocycles. The van der Waals surface area contributed by atoms with E-state index in [9.17, 15) is 13.2 Å². The molecule has 0 spiro atoms. The van der Waals surface area contributed by atoms with E-state index in [1.54, 1.807) is 24.3 Å². The molecule has 1 aliphatic heterocycles. The van der Waals surface area contributed by atoms with Crippen molar-refractivity contribution in [3.63, 3.8) is 0 Å². The van der Waals surface area contributed by atoms with Gasteiger partial charge in [-0.1, -0.05) is 42.5 Å². The zero-order valence-corrected chi connectivity index (χ0v) is 21.3. The molecule has 1 aliphatic carbocycles. The van der Waals surface area contributed by atoms with E-state index in [1.807, 2.05) is 42.5 Å². The van der Waals surface area contributed by atoms with E-state index in [2.05, 4.69) is 0 Å². The van der Waals surface area contributed by atoms with Crippen LogP contribution < -0.4 is 9.47 Å². The van der Waals surface area contributed by atoms with Crippen molar-refractivity contribution >= 4 is 15.6 Å². The van der Waals surface area contributed by atoms with Gasteiger partial charge in [0.15, 0.2) is 21.3 Å². The summed E-state index contributed by atoms with van der Waals surface area (Å²) in [6, 6.07) is 20.4. The highest BCUT2D eigenvalue weighted by molar-refractivity contribution is 7.91. The molecule has 1 N–H and O–H groups in total. The fourth-order valence-electron chi connectivity index (χ4n) is 4.75. The number of aliphatic hydroxyl groups is 1. The van der Waals surface area contributed by atoms with Crippen LogP contribution >= 0.6 is 0 Å². The van der Waals surface area contributed by atoms with Gasteiger partial charge in [-0.2, -0.15) is 0 Å². The summed E-state index contributed by atoms with van der Waals surface area (Å²) in [4.78, 5) is 13.7. The number of carbonyl (C=O) groups is 1. The van der Waals surface area contributed by atoms with Crippen molar-refractivity contribution in [2.24, 2.45) is 0 Å². The molecule has 8 heteroatoms. The molecule has 5 rings (SSSR count). The van der Waals surface area contributed by atoms with Crippen LogP contribution in [0.5, 0.6) is 11.5 Å². The Morgan fingerprint density at radius 1 is 0.919 bits per heavy atom. The molecular weight excluding hydrogens is 492 g/mol. The van der Waals surface area contributed by atoms with Crippen molar-refractivity contribution in [3.05, 3.63) is 77.9 Å². The lowest BCUT2D eigenvalue weighted by Gasteiger charge is -2.15. The summed E-state index contributed by atoms with van der Waals surface area (Å²) in [6.07, 6.45) is 2.35. The molecule has 0 aromatic heterocycles. The van der Waals surface area contributed by atoms with E-state index in [0.29, 0.717) is 30.9 Å². The summed E-state index contributed by atoms with van der Waals surface area (Å²) in [6.45, 7) is 0.627. The minimum absolute atomic E-state index is 0.0134. The van der Waals surface area contributed by atoms with E-state index in [4.69, 9.17) is 19.3 Å². The molecule has 1 heterocycles. The number of sulfone groups is 1. The Bertz CT molecular complexity index is 1380. The van der Waals surface area contributed by atoms with Crippen LogP contribution in [-0.4, -0.2) is 51.7 Å². The molecule has 0 atom stereocenters. The van der Waals surface area contributed by atoms with Gasteiger partial charge in [-0.25, -0.2) is 8.42 Å².